The molecule has 3 heteroatoms. The molecule has 0 fully saturated rings. The zero-order valence-electron chi connectivity index (χ0n) is 12.6. The first-order valence-corrected chi connectivity index (χ1v) is 8.26. The number of carbonyl (C=O) groups excluding carboxylic acids is 2. The van der Waals surface area contributed by atoms with Gasteiger partial charge in [-0.15, -0.1) is 0 Å². The monoisotopic (exact) mass is 358 g/mol. The van der Waals surface area contributed by atoms with Crippen LogP contribution in [0.2, 0.25) is 0 Å². The number of Topliss-reactive ketones (excluding diaryl/α,β-unsaturated/α-hetero) is 2. The molecule has 0 unspecified atom stereocenters. The first-order valence-electron chi connectivity index (χ1n) is 7.47. The fourth-order valence-corrected chi connectivity index (χ4v) is 2.92. The van der Waals surface area contributed by atoms with Gasteiger partial charge >= 0.3 is 0 Å². The van der Waals surface area contributed by atoms with Crippen molar-refractivity contribution in [1.82, 2.24) is 0 Å². The van der Waals surface area contributed by atoms with Crippen LogP contribution in [0.4, 0.5) is 0 Å². The van der Waals surface area contributed by atoms with Crippen LogP contribution in [-0.4, -0.2) is 11.6 Å². The van der Waals surface area contributed by atoms with Crippen LogP contribution in [0, 0.1) is 0 Å². The summed E-state index contributed by atoms with van der Waals surface area (Å²) in [4.78, 5) is 24.1. The summed E-state index contributed by atoms with van der Waals surface area (Å²) >= 11 is 3.41. The molecule has 2 aromatic rings. The van der Waals surface area contributed by atoms with Gasteiger partial charge in [-0.05, 0) is 23.6 Å². The van der Waals surface area contributed by atoms with Crippen molar-refractivity contribution in [3.05, 3.63) is 69.7 Å². The third-order valence-corrected chi connectivity index (χ3v) is 4.15. The van der Waals surface area contributed by atoms with Gasteiger partial charge in [0, 0.05) is 29.3 Å². The first kappa shape index (κ1) is 16.6. The van der Waals surface area contributed by atoms with Crippen molar-refractivity contribution in [2.75, 3.05) is 0 Å². The Morgan fingerprint density at radius 1 is 0.955 bits per heavy atom. The second-order valence-electron chi connectivity index (χ2n) is 5.37. The van der Waals surface area contributed by atoms with E-state index in [0.717, 1.165) is 22.0 Å². The number of benzene rings is 2. The predicted octanol–water partition coefficient (Wildman–Crippen LogP) is 4.79. The number of ketones is 2. The summed E-state index contributed by atoms with van der Waals surface area (Å²) < 4.78 is 0.814. The quantitative estimate of drug-likeness (QED) is 0.667. The molecule has 0 saturated heterocycles. The molecule has 0 atom stereocenters. The van der Waals surface area contributed by atoms with Gasteiger partial charge in [0.1, 0.15) is 5.78 Å². The molecule has 0 radical (unpaired) electrons. The van der Waals surface area contributed by atoms with Crippen LogP contribution in [0.3, 0.4) is 0 Å². The lowest BCUT2D eigenvalue weighted by atomic mass is 9.99. The maximum atomic E-state index is 12.4. The summed E-state index contributed by atoms with van der Waals surface area (Å²) in [5.74, 6) is 0.321. The van der Waals surface area contributed by atoms with E-state index in [-0.39, 0.29) is 11.6 Å². The largest absolute Gasteiger partial charge is 0.299 e. The average molecular weight is 359 g/mol. The Kier molecular flexibility index (Phi) is 6.08. The first-order chi connectivity index (χ1) is 10.6. The van der Waals surface area contributed by atoms with Crippen LogP contribution in [-0.2, 0) is 17.6 Å². The molecule has 2 nitrogen and oxygen atoms in total. The van der Waals surface area contributed by atoms with Gasteiger partial charge in [0.05, 0.1) is 0 Å². The molecule has 2 rings (SSSR count). The van der Waals surface area contributed by atoms with E-state index in [2.05, 4.69) is 15.9 Å². The highest BCUT2D eigenvalue weighted by Crippen LogP contribution is 2.18. The van der Waals surface area contributed by atoms with E-state index >= 15 is 0 Å². The molecule has 0 N–H and O–H groups in total. The van der Waals surface area contributed by atoms with E-state index in [9.17, 15) is 9.59 Å². The maximum Gasteiger partial charge on any atom is 0.168 e. The lowest BCUT2D eigenvalue weighted by molar-refractivity contribution is -0.118. The average Bonchev–Trinajstić information content (AvgIpc) is 2.48. The Bertz CT molecular complexity index is 677. The molecular formula is C19H19BrO2. The topological polar surface area (TPSA) is 34.1 Å². The van der Waals surface area contributed by atoms with Crippen LogP contribution in [0.5, 0.6) is 0 Å². The molecule has 0 aromatic heterocycles. The molecule has 0 spiro atoms. The molecule has 0 aliphatic carbocycles. The minimum atomic E-state index is 0.0736. The van der Waals surface area contributed by atoms with E-state index in [4.69, 9.17) is 0 Å². The van der Waals surface area contributed by atoms with Crippen LogP contribution >= 0.6 is 15.9 Å². The number of hydrogen-bond donors (Lipinski definition) is 0. The standard InChI is InChI=1S/C19H19BrO2/c1-2-6-16(21)12-14-7-5-8-15(11-14)13-19(22)17-9-3-4-10-18(17)20/h3-5,7-11H,2,6,12-13H2,1H3. The molecule has 0 bridgehead atoms. The maximum absolute atomic E-state index is 12.4. The summed E-state index contributed by atoms with van der Waals surface area (Å²) in [5.41, 5.74) is 2.62. The van der Waals surface area contributed by atoms with Gasteiger partial charge in [-0.1, -0.05) is 65.3 Å². The Labute approximate surface area is 139 Å². The Morgan fingerprint density at radius 3 is 2.32 bits per heavy atom. The van der Waals surface area contributed by atoms with E-state index in [0.29, 0.717) is 24.8 Å². The summed E-state index contributed by atoms with van der Waals surface area (Å²) in [5, 5.41) is 0. The summed E-state index contributed by atoms with van der Waals surface area (Å²) in [6.45, 7) is 2.00. The molecule has 2 aromatic carbocycles. The van der Waals surface area contributed by atoms with E-state index in [1.807, 2.05) is 55.5 Å². The molecule has 22 heavy (non-hydrogen) atoms. The highest BCUT2D eigenvalue weighted by atomic mass is 79.9. The van der Waals surface area contributed by atoms with Crippen LogP contribution in [0.25, 0.3) is 0 Å². The second-order valence-corrected chi connectivity index (χ2v) is 6.22. The summed E-state index contributed by atoms with van der Waals surface area (Å²) in [7, 11) is 0. The van der Waals surface area contributed by atoms with Gasteiger partial charge in [0.25, 0.3) is 0 Å². The molecular weight excluding hydrogens is 340 g/mol. The van der Waals surface area contributed by atoms with Gasteiger partial charge in [0.2, 0.25) is 0 Å². The third-order valence-electron chi connectivity index (χ3n) is 3.46. The highest BCUT2D eigenvalue weighted by molar-refractivity contribution is 9.10. The van der Waals surface area contributed by atoms with Gasteiger partial charge in [-0.2, -0.15) is 0 Å². The minimum absolute atomic E-state index is 0.0736. The van der Waals surface area contributed by atoms with Gasteiger partial charge in [0.15, 0.2) is 5.78 Å². The zero-order valence-corrected chi connectivity index (χ0v) is 14.2. The van der Waals surface area contributed by atoms with Crippen molar-refractivity contribution >= 4 is 27.5 Å². The van der Waals surface area contributed by atoms with Crippen molar-refractivity contribution in [2.45, 2.75) is 32.6 Å². The summed E-state index contributed by atoms with van der Waals surface area (Å²) in [6, 6.07) is 15.2. The van der Waals surface area contributed by atoms with Gasteiger partial charge in [-0.25, -0.2) is 0 Å². The van der Waals surface area contributed by atoms with Gasteiger partial charge < -0.3 is 0 Å². The normalized spacial score (nSPS) is 10.5. The van der Waals surface area contributed by atoms with Crippen molar-refractivity contribution < 1.29 is 9.59 Å². The lowest BCUT2D eigenvalue weighted by Crippen LogP contribution is -2.06. The van der Waals surface area contributed by atoms with Crippen LogP contribution < -0.4 is 0 Å². The van der Waals surface area contributed by atoms with Crippen molar-refractivity contribution in [1.29, 1.82) is 0 Å². The molecule has 0 aliphatic heterocycles. The minimum Gasteiger partial charge on any atom is -0.299 e. The van der Waals surface area contributed by atoms with Crippen LogP contribution in [0.15, 0.2) is 53.0 Å². The molecule has 0 heterocycles. The molecule has 0 aliphatic rings. The predicted molar refractivity (Wildman–Crippen MR) is 92.2 cm³/mol. The summed E-state index contributed by atoms with van der Waals surface area (Å²) in [6.07, 6.45) is 2.28. The Balaban J connectivity index is 2.09. The zero-order chi connectivity index (χ0) is 15.9. The number of hydrogen-bond acceptors (Lipinski definition) is 2. The Hall–Kier alpha value is -1.74. The van der Waals surface area contributed by atoms with Crippen molar-refractivity contribution in [2.24, 2.45) is 0 Å². The number of carbonyl (C=O) groups is 2. The van der Waals surface area contributed by atoms with E-state index in [1.165, 1.54) is 0 Å². The molecule has 114 valence electrons. The fourth-order valence-electron chi connectivity index (χ4n) is 2.41. The van der Waals surface area contributed by atoms with Crippen molar-refractivity contribution in [3.63, 3.8) is 0 Å². The molecule has 0 saturated carbocycles. The SMILES string of the molecule is CCCC(=O)Cc1cccc(CC(=O)c2ccccc2Br)c1. The number of halogens is 1. The van der Waals surface area contributed by atoms with Crippen LogP contribution in [0.1, 0.15) is 41.3 Å². The fraction of sp³-hybridized carbons (Fsp3) is 0.263. The van der Waals surface area contributed by atoms with Crippen molar-refractivity contribution in [3.8, 4) is 0 Å². The lowest BCUT2D eigenvalue weighted by Gasteiger charge is -2.06. The second kappa shape index (κ2) is 8.04. The third kappa shape index (κ3) is 4.63. The smallest absolute Gasteiger partial charge is 0.168 e. The Morgan fingerprint density at radius 2 is 1.64 bits per heavy atom. The highest BCUT2D eigenvalue weighted by Gasteiger charge is 2.11. The van der Waals surface area contributed by atoms with E-state index in [1.54, 1.807) is 0 Å². The van der Waals surface area contributed by atoms with E-state index < -0.39 is 0 Å². The number of rotatable bonds is 7. The molecule has 0 amide bonds. The van der Waals surface area contributed by atoms with Gasteiger partial charge in [-0.3, -0.25) is 9.59 Å².